The first-order chi connectivity index (χ1) is 6.35. The highest BCUT2D eigenvalue weighted by Gasteiger charge is 2.32. The van der Waals surface area contributed by atoms with Crippen molar-refractivity contribution in [2.75, 3.05) is 5.73 Å². The van der Waals surface area contributed by atoms with E-state index in [1.54, 1.807) is 0 Å². The fourth-order valence-corrected chi connectivity index (χ4v) is 1.07. The Morgan fingerprint density at radius 3 is 2.57 bits per heavy atom. The fourth-order valence-electron chi connectivity index (χ4n) is 1.07. The van der Waals surface area contributed by atoms with Gasteiger partial charge in [-0.2, -0.15) is 0 Å². The van der Waals surface area contributed by atoms with Crippen molar-refractivity contribution in [3.05, 3.63) is 29.6 Å². The zero-order valence-electron chi connectivity index (χ0n) is 7.62. The van der Waals surface area contributed by atoms with Gasteiger partial charge in [0.05, 0.1) is 0 Å². The monoisotopic (exact) mass is 198 g/mol. The topological polar surface area (TPSA) is 89.3 Å². The zero-order chi connectivity index (χ0) is 10.9. The smallest absolute Gasteiger partial charge is 0.328 e. The van der Waals surface area contributed by atoms with Crippen molar-refractivity contribution >= 4 is 11.7 Å². The fraction of sp³-hybridized carbons (Fsp3) is 0.222. The van der Waals surface area contributed by atoms with Crippen molar-refractivity contribution < 1.29 is 14.3 Å². The number of carboxylic acid groups (broad SMARTS) is 1. The van der Waals surface area contributed by atoms with Gasteiger partial charge in [-0.15, -0.1) is 0 Å². The average molecular weight is 198 g/mol. The average Bonchev–Trinajstić information content (AvgIpc) is 2.02. The Morgan fingerprint density at radius 2 is 2.14 bits per heavy atom. The predicted molar refractivity (Wildman–Crippen MR) is 50.0 cm³/mol. The summed E-state index contributed by atoms with van der Waals surface area (Å²) < 4.78 is 13.3. The van der Waals surface area contributed by atoms with Gasteiger partial charge >= 0.3 is 5.97 Å². The molecule has 1 rings (SSSR count). The first-order valence-electron chi connectivity index (χ1n) is 3.93. The second-order valence-electron chi connectivity index (χ2n) is 3.25. The normalized spacial score (nSPS) is 14.8. The van der Waals surface area contributed by atoms with Gasteiger partial charge in [0, 0.05) is 11.3 Å². The first-order valence-corrected chi connectivity index (χ1v) is 3.93. The van der Waals surface area contributed by atoms with Gasteiger partial charge in [0.25, 0.3) is 0 Å². The van der Waals surface area contributed by atoms with Crippen LogP contribution in [-0.2, 0) is 10.3 Å². The molecule has 0 aliphatic heterocycles. The number of nitrogen functional groups attached to an aromatic ring is 1. The lowest BCUT2D eigenvalue weighted by atomic mass is 9.93. The molecule has 14 heavy (non-hydrogen) atoms. The van der Waals surface area contributed by atoms with E-state index in [2.05, 4.69) is 0 Å². The Balaban J connectivity index is 3.26. The van der Waals surface area contributed by atoms with Crippen LogP contribution in [-0.4, -0.2) is 11.1 Å². The van der Waals surface area contributed by atoms with E-state index in [-0.39, 0.29) is 11.3 Å². The summed E-state index contributed by atoms with van der Waals surface area (Å²) in [5.74, 6) is -2.00. The molecule has 0 saturated heterocycles. The third-order valence-corrected chi connectivity index (χ3v) is 2.00. The quantitative estimate of drug-likeness (QED) is 0.609. The number of carboxylic acids is 1. The molecule has 0 spiro atoms. The third kappa shape index (κ3) is 1.67. The number of benzene rings is 1. The maximum Gasteiger partial charge on any atom is 0.328 e. The minimum Gasteiger partial charge on any atom is -0.480 e. The van der Waals surface area contributed by atoms with Crippen LogP contribution in [0.15, 0.2) is 18.2 Å². The van der Waals surface area contributed by atoms with E-state index < -0.39 is 17.3 Å². The van der Waals surface area contributed by atoms with Gasteiger partial charge in [0.15, 0.2) is 0 Å². The van der Waals surface area contributed by atoms with E-state index in [0.717, 1.165) is 6.07 Å². The van der Waals surface area contributed by atoms with Crippen molar-refractivity contribution in [2.45, 2.75) is 12.5 Å². The molecule has 0 amide bonds. The third-order valence-electron chi connectivity index (χ3n) is 2.00. The van der Waals surface area contributed by atoms with Crippen molar-refractivity contribution in [2.24, 2.45) is 5.73 Å². The molecule has 4 nitrogen and oxygen atoms in total. The predicted octanol–water partition coefficient (Wildman–Crippen LogP) is 0.666. The second kappa shape index (κ2) is 3.26. The molecule has 0 radical (unpaired) electrons. The van der Waals surface area contributed by atoms with E-state index in [9.17, 15) is 9.18 Å². The summed E-state index contributed by atoms with van der Waals surface area (Å²) in [5.41, 5.74) is 9.18. The van der Waals surface area contributed by atoms with Crippen LogP contribution in [0.1, 0.15) is 12.5 Å². The van der Waals surface area contributed by atoms with E-state index >= 15 is 0 Å². The van der Waals surface area contributed by atoms with Crippen LogP contribution >= 0.6 is 0 Å². The maximum atomic E-state index is 13.3. The largest absolute Gasteiger partial charge is 0.480 e. The van der Waals surface area contributed by atoms with E-state index in [1.807, 2.05) is 0 Å². The van der Waals surface area contributed by atoms with Gasteiger partial charge in [-0.1, -0.05) is 6.07 Å². The Kier molecular flexibility index (Phi) is 2.44. The van der Waals surface area contributed by atoms with Gasteiger partial charge in [0.2, 0.25) is 0 Å². The molecule has 1 aromatic rings. The number of anilines is 1. The number of rotatable bonds is 2. The minimum absolute atomic E-state index is 0.0841. The number of aliphatic carboxylic acids is 1. The Bertz CT molecular complexity index is 377. The van der Waals surface area contributed by atoms with Crippen LogP contribution < -0.4 is 11.5 Å². The number of carbonyl (C=O) groups is 1. The lowest BCUT2D eigenvalue weighted by Gasteiger charge is -2.20. The molecular formula is C9H11FN2O2. The molecule has 5 N–H and O–H groups in total. The van der Waals surface area contributed by atoms with Crippen molar-refractivity contribution in [3.8, 4) is 0 Å². The highest BCUT2D eigenvalue weighted by Crippen LogP contribution is 2.22. The molecule has 0 aliphatic carbocycles. The van der Waals surface area contributed by atoms with Crippen molar-refractivity contribution in [3.63, 3.8) is 0 Å². The zero-order valence-corrected chi connectivity index (χ0v) is 7.62. The van der Waals surface area contributed by atoms with E-state index in [1.165, 1.54) is 19.1 Å². The Labute approximate surface area is 80.3 Å². The first kappa shape index (κ1) is 10.5. The lowest BCUT2D eigenvalue weighted by molar-refractivity contribution is -0.143. The molecule has 0 fully saturated rings. The van der Waals surface area contributed by atoms with Gasteiger partial charge in [-0.25, -0.2) is 9.18 Å². The van der Waals surface area contributed by atoms with Gasteiger partial charge < -0.3 is 16.6 Å². The van der Waals surface area contributed by atoms with Crippen LogP contribution in [0.5, 0.6) is 0 Å². The molecule has 1 atom stereocenters. The van der Waals surface area contributed by atoms with Crippen LogP contribution in [0.2, 0.25) is 0 Å². The number of halogens is 1. The lowest BCUT2D eigenvalue weighted by Crippen LogP contribution is -2.42. The highest BCUT2D eigenvalue weighted by molar-refractivity contribution is 5.80. The Morgan fingerprint density at radius 1 is 1.57 bits per heavy atom. The van der Waals surface area contributed by atoms with Crippen LogP contribution in [0, 0.1) is 5.82 Å². The molecule has 0 bridgehead atoms. The van der Waals surface area contributed by atoms with Gasteiger partial charge in [0.1, 0.15) is 11.4 Å². The van der Waals surface area contributed by atoms with E-state index in [4.69, 9.17) is 16.6 Å². The summed E-state index contributed by atoms with van der Waals surface area (Å²) in [6.07, 6.45) is 0. The van der Waals surface area contributed by atoms with Crippen molar-refractivity contribution in [1.29, 1.82) is 0 Å². The van der Waals surface area contributed by atoms with Crippen LogP contribution in [0.4, 0.5) is 10.1 Å². The number of hydrogen-bond acceptors (Lipinski definition) is 3. The molecule has 0 saturated carbocycles. The summed E-state index contributed by atoms with van der Waals surface area (Å²) in [7, 11) is 0. The summed E-state index contributed by atoms with van der Waals surface area (Å²) in [6, 6.07) is 3.73. The second-order valence-corrected chi connectivity index (χ2v) is 3.25. The molecular weight excluding hydrogens is 187 g/mol. The summed E-state index contributed by atoms with van der Waals surface area (Å²) >= 11 is 0. The minimum atomic E-state index is -1.74. The van der Waals surface area contributed by atoms with Gasteiger partial charge in [-0.05, 0) is 19.1 Å². The van der Waals surface area contributed by atoms with Crippen LogP contribution in [0.3, 0.4) is 0 Å². The SMILES string of the molecule is C[C@](N)(C(=O)O)c1ccc(N)cc1F. The molecule has 1 aromatic carbocycles. The molecule has 0 unspecified atom stereocenters. The molecule has 76 valence electrons. The highest BCUT2D eigenvalue weighted by atomic mass is 19.1. The Hall–Kier alpha value is -1.62. The molecule has 0 aromatic heterocycles. The molecule has 5 heteroatoms. The van der Waals surface area contributed by atoms with E-state index in [0.29, 0.717) is 0 Å². The van der Waals surface area contributed by atoms with Crippen LogP contribution in [0.25, 0.3) is 0 Å². The summed E-state index contributed by atoms with van der Waals surface area (Å²) in [5, 5.41) is 8.77. The van der Waals surface area contributed by atoms with Gasteiger partial charge in [-0.3, -0.25) is 0 Å². The molecule has 0 aliphatic rings. The number of nitrogens with two attached hydrogens (primary N) is 2. The number of hydrogen-bond donors (Lipinski definition) is 3. The van der Waals surface area contributed by atoms with Crippen molar-refractivity contribution in [1.82, 2.24) is 0 Å². The molecule has 0 heterocycles. The standard InChI is InChI=1S/C9H11FN2O2/c1-9(12,8(13)14)6-3-2-5(11)4-7(6)10/h2-4H,11-12H2,1H3,(H,13,14)/t9-/m1/s1. The summed E-state index contributed by atoms with van der Waals surface area (Å²) in [4.78, 5) is 10.7. The maximum absolute atomic E-state index is 13.3. The summed E-state index contributed by atoms with van der Waals surface area (Å²) in [6.45, 7) is 1.23.